The van der Waals surface area contributed by atoms with Crippen molar-refractivity contribution in [1.29, 1.82) is 0 Å². The monoisotopic (exact) mass is 320 g/mol. The van der Waals surface area contributed by atoms with Gasteiger partial charge < -0.3 is 14.6 Å². The standard InChI is InChI=1S/C15H16N2O4S/c1-20-12-6-10(7-13(21-2)15(12)19)9-16-17-14(18)8-11-4-3-5-22-11/h3-7,9,19H,8H2,1-2H3,(H,17,18)/b16-9+. The fraction of sp³-hybridized carbons (Fsp3) is 0.200. The molecule has 0 unspecified atom stereocenters. The Morgan fingerprint density at radius 3 is 2.59 bits per heavy atom. The van der Waals surface area contributed by atoms with Crippen LogP contribution in [0.2, 0.25) is 0 Å². The SMILES string of the molecule is COc1cc(/C=N/NC(=O)Cc2cccs2)cc(OC)c1O. The zero-order valence-corrected chi connectivity index (χ0v) is 13.0. The number of hydrazone groups is 1. The van der Waals surface area contributed by atoms with Gasteiger partial charge in [-0.05, 0) is 23.6 Å². The van der Waals surface area contributed by atoms with Crippen LogP contribution in [-0.2, 0) is 11.2 Å². The molecule has 1 amide bonds. The van der Waals surface area contributed by atoms with Crippen molar-refractivity contribution in [3.05, 3.63) is 40.1 Å². The van der Waals surface area contributed by atoms with E-state index >= 15 is 0 Å². The van der Waals surface area contributed by atoms with Gasteiger partial charge in [-0.2, -0.15) is 5.10 Å². The summed E-state index contributed by atoms with van der Waals surface area (Å²) in [5.74, 6) is 0.261. The van der Waals surface area contributed by atoms with E-state index < -0.39 is 0 Å². The molecule has 2 aromatic rings. The average Bonchev–Trinajstić information content (AvgIpc) is 3.01. The van der Waals surface area contributed by atoms with Crippen LogP contribution in [-0.4, -0.2) is 31.4 Å². The first kappa shape index (κ1) is 15.8. The first-order chi connectivity index (χ1) is 10.6. The second kappa shape index (κ2) is 7.46. The number of methoxy groups -OCH3 is 2. The number of benzene rings is 1. The fourth-order valence-corrected chi connectivity index (χ4v) is 2.48. The summed E-state index contributed by atoms with van der Waals surface area (Å²) in [4.78, 5) is 12.7. The molecule has 0 aliphatic carbocycles. The molecule has 0 saturated heterocycles. The maximum atomic E-state index is 11.7. The van der Waals surface area contributed by atoms with Crippen LogP contribution in [0.15, 0.2) is 34.7 Å². The van der Waals surface area contributed by atoms with Crippen molar-refractivity contribution in [2.45, 2.75) is 6.42 Å². The fourth-order valence-electron chi connectivity index (χ4n) is 1.78. The number of nitrogens with zero attached hydrogens (tertiary/aromatic N) is 1. The summed E-state index contributed by atoms with van der Waals surface area (Å²) in [6.45, 7) is 0. The molecule has 1 heterocycles. The lowest BCUT2D eigenvalue weighted by Gasteiger charge is -2.09. The summed E-state index contributed by atoms with van der Waals surface area (Å²) < 4.78 is 10.1. The number of hydrogen-bond donors (Lipinski definition) is 2. The Bertz CT molecular complexity index is 643. The van der Waals surface area contributed by atoms with Crippen molar-refractivity contribution < 1.29 is 19.4 Å². The second-order valence-electron chi connectivity index (χ2n) is 4.32. The van der Waals surface area contributed by atoms with Gasteiger partial charge in [0, 0.05) is 10.4 Å². The van der Waals surface area contributed by atoms with Crippen molar-refractivity contribution in [3.63, 3.8) is 0 Å². The molecule has 0 aliphatic heterocycles. The van der Waals surface area contributed by atoms with Gasteiger partial charge in [-0.1, -0.05) is 6.07 Å². The molecule has 2 N–H and O–H groups in total. The third-order valence-corrected chi connectivity index (χ3v) is 3.70. The zero-order valence-electron chi connectivity index (χ0n) is 12.2. The molecule has 0 spiro atoms. The first-order valence-corrected chi connectivity index (χ1v) is 7.31. The van der Waals surface area contributed by atoms with E-state index in [2.05, 4.69) is 10.5 Å². The quantitative estimate of drug-likeness (QED) is 0.631. The summed E-state index contributed by atoms with van der Waals surface area (Å²) >= 11 is 1.52. The molecular formula is C15H16N2O4S. The largest absolute Gasteiger partial charge is 0.502 e. The number of aromatic hydroxyl groups is 1. The smallest absolute Gasteiger partial charge is 0.245 e. The molecule has 1 aromatic heterocycles. The molecule has 0 atom stereocenters. The van der Waals surface area contributed by atoms with Gasteiger partial charge in [0.05, 0.1) is 26.9 Å². The van der Waals surface area contributed by atoms with Crippen molar-refractivity contribution >= 4 is 23.5 Å². The van der Waals surface area contributed by atoms with Crippen LogP contribution in [0.3, 0.4) is 0 Å². The van der Waals surface area contributed by atoms with Crippen LogP contribution in [0, 0.1) is 0 Å². The molecule has 0 bridgehead atoms. The van der Waals surface area contributed by atoms with Gasteiger partial charge in [0.25, 0.3) is 0 Å². The van der Waals surface area contributed by atoms with Gasteiger partial charge in [0.1, 0.15) is 0 Å². The highest BCUT2D eigenvalue weighted by Gasteiger charge is 2.10. The first-order valence-electron chi connectivity index (χ1n) is 6.43. The highest BCUT2D eigenvalue weighted by atomic mass is 32.1. The molecule has 0 fully saturated rings. The summed E-state index contributed by atoms with van der Waals surface area (Å²) in [5.41, 5.74) is 3.08. The van der Waals surface area contributed by atoms with E-state index in [1.807, 2.05) is 17.5 Å². The minimum absolute atomic E-state index is 0.0797. The second-order valence-corrected chi connectivity index (χ2v) is 5.36. The third-order valence-electron chi connectivity index (χ3n) is 2.82. The highest BCUT2D eigenvalue weighted by molar-refractivity contribution is 7.10. The third kappa shape index (κ3) is 3.98. The van der Waals surface area contributed by atoms with E-state index in [0.29, 0.717) is 5.56 Å². The van der Waals surface area contributed by atoms with Crippen molar-refractivity contribution in [1.82, 2.24) is 5.43 Å². The van der Waals surface area contributed by atoms with Gasteiger partial charge >= 0.3 is 0 Å². The van der Waals surface area contributed by atoms with E-state index in [4.69, 9.17) is 9.47 Å². The molecule has 22 heavy (non-hydrogen) atoms. The highest BCUT2D eigenvalue weighted by Crippen LogP contribution is 2.36. The Labute approximate surface area is 132 Å². The average molecular weight is 320 g/mol. The van der Waals surface area contributed by atoms with Crippen molar-refractivity contribution in [2.24, 2.45) is 5.10 Å². The van der Waals surface area contributed by atoms with Crippen molar-refractivity contribution in [2.75, 3.05) is 14.2 Å². The van der Waals surface area contributed by atoms with E-state index in [9.17, 15) is 9.90 Å². The van der Waals surface area contributed by atoms with Gasteiger partial charge in [-0.25, -0.2) is 5.43 Å². The summed E-state index contributed by atoms with van der Waals surface area (Å²) in [6, 6.07) is 6.97. The number of amides is 1. The molecule has 0 saturated carbocycles. The van der Waals surface area contributed by atoms with E-state index in [1.165, 1.54) is 31.8 Å². The number of phenolic OH excluding ortho intramolecular Hbond substituents is 1. The molecule has 2 rings (SSSR count). The number of carbonyl (C=O) groups is 1. The lowest BCUT2D eigenvalue weighted by molar-refractivity contribution is -0.120. The number of ether oxygens (including phenoxy) is 2. The zero-order chi connectivity index (χ0) is 15.9. The summed E-state index contributed by atoms with van der Waals surface area (Å²) in [7, 11) is 2.89. The summed E-state index contributed by atoms with van der Waals surface area (Å²) in [5, 5.41) is 15.6. The van der Waals surface area contributed by atoms with E-state index in [1.54, 1.807) is 12.1 Å². The maximum absolute atomic E-state index is 11.7. The van der Waals surface area contributed by atoms with E-state index in [0.717, 1.165) is 4.88 Å². The van der Waals surface area contributed by atoms with Gasteiger partial charge in [-0.15, -0.1) is 11.3 Å². The van der Waals surface area contributed by atoms with Gasteiger partial charge in [-0.3, -0.25) is 4.79 Å². The lowest BCUT2D eigenvalue weighted by atomic mass is 10.2. The maximum Gasteiger partial charge on any atom is 0.245 e. The minimum Gasteiger partial charge on any atom is -0.502 e. The Morgan fingerprint density at radius 1 is 1.36 bits per heavy atom. The summed E-state index contributed by atoms with van der Waals surface area (Å²) in [6.07, 6.45) is 1.74. The predicted molar refractivity (Wildman–Crippen MR) is 85.0 cm³/mol. The topological polar surface area (TPSA) is 80.2 Å². The number of nitrogens with one attached hydrogen (secondary N) is 1. The van der Waals surface area contributed by atoms with Crippen LogP contribution in [0.4, 0.5) is 0 Å². The van der Waals surface area contributed by atoms with Crippen LogP contribution in [0.1, 0.15) is 10.4 Å². The Morgan fingerprint density at radius 2 is 2.05 bits per heavy atom. The normalized spacial score (nSPS) is 10.6. The number of carbonyl (C=O) groups excluding carboxylic acids is 1. The molecule has 1 aromatic carbocycles. The number of phenols is 1. The molecule has 116 valence electrons. The number of hydrogen-bond acceptors (Lipinski definition) is 6. The van der Waals surface area contributed by atoms with Crippen LogP contribution in [0.25, 0.3) is 0 Å². The number of rotatable bonds is 6. The Hall–Kier alpha value is -2.54. The van der Waals surface area contributed by atoms with Gasteiger partial charge in [0.15, 0.2) is 11.5 Å². The van der Waals surface area contributed by atoms with Crippen molar-refractivity contribution in [3.8, 4) is 17.2 Å². The Kier molecular flexibility index (Phi) is 5.37. The van der Waals surface area contributed by atoms with E-state index in [-0.39, 0.29) is 29.6 Å². The van der Waals surface area contributed by atoms with Crippen LogP contribution < -0.4 is 14.9 Å². The molecule has 6 nitrogen and oxygen atoms in total. The van der Waals surface area contributed by atoms with Gasteiger partial charge in [0.2, 0.25) is 11.7 Å². The van der Waals surface area contributed by atoms with Crippen LogP contribution >= 0.6 is 11.3 Å². The molecule has 0 aliphatic rings. The predicted octanol–water partition coefficient (Wildman–Crippen LogP) is 2.16. The lowest BCUT2D eigenvalue weighted by Crippen LogP contribution is -2.19. The Balaban J connectivity index is 2.02. The van der Waals surface area contributed by atoms with Crippen LogP contribution in [0.5, 0.6) is 17.2 Å². The molecular weight excluding hydrogens is 304 g/mol. The number of thiophene rings is 1. The molecule has 0 radical (unpaired) electrons. The minimum atomic E-state index is -0.198. The molecule has 7 heteroatoms.